The van der Waals surface area contributed by atoms with Crippen LogP contribution in [0, 0.1) is 0 Å². The second-order valence-electron chi connectivity index (χ2n) is 2.22. The minimum absolute atomic E-state index is 1.12. The number of benzene rings is 1. The molecule has 0 aromatic heterocycles. The Hall–Kier alpha value is -1.37. The first-order valence-corrected chi connectivity index (χ1v) is 5.52. The zero-order valence-electron chi connectivity index (χ0n) is 10.6. The molecule has 0 amide bonds. The molecule has 0 N–H and O–H groups in total. The fraction of sp³-hybridized carbons (Fsp3) is 0.357. The molecular weight excluding hydrogens is 182 g/mol. The molecule has 0 radical (unpaired) electrons. The smallest absolute Gasteiger partial charge is 0.0287 e. The summed E-state index contributed by atoms with van der Waals surface area (Å²) >= 11 is 0. The summed E-state index contributed by atoms with van der Waals surface area (Å²) in [4.78, 5) is 3.94. The lowest BCUT2D eigenvalue weighted by Crippen LogP contribution is -1.84. The molecule has 1 nitrogen and oxygen atoms in total. The molecule has 1 heteroatoms. The van der Waals surface area contributed by atoms with E-state index in [1.165, 1.54) is 0 Å². The predicted molar refractivity (Wildman–Crippen MR) is 72.7 cm³/mol. The van der Waals surface area contributed by atoms with Crippen LogP contribution in [0.5, 0.6) is 0 Å². The minimum atomic E-state index is 1.12. The minimum Gasteiger partial charge on any atom is -0.296 e. The van der Waals surface area contributed by atoms with Crippen LogP contribution in [0.4, 0.5) is 0 Å². The van der Waals surface area contributed by atoms with Crippen LogP contribution in [-0.2, 0) is 0 Å². The monoisotopic (exact) mass is 205 g/mol. The van der Waals surface area contributed by atoms with Crippen LogP contribution < -0.4 is 0 Å². The molecule has 0 unspecified atom stereocenters. The van der Waals surface area contributed by atoms with Crippen molar-refractivity contribution in [3.8, 4) is 0 Å². The van der Waals surface area contributed by atoms with E-state index in [9.17, 15) is 0 Å². The molecule has 0 aliphatic carbocycles. The Morgan fingerprint density at radius 3 is 1.87 bits per heavy atom. The van der Waals surface area contributed by atoms with Crippen molar-refractivity contribution in [1.29, 1.82) is 0 Å². The van der Waals surface area contributed by atoms with Crippen LogP contribution in [0.2, 0.25) is 0 Å². The molecule has 0 bridgehead atoms. The third kappa shape index (κ3) is 6.67. The number of hydrogen-bond acceptors (Lipinski definition) is 1. The molecule has 1 aromatic carbocycles. The second kappa shape index (κ2) is 12.6. The quantitative estimate of drug-likeness (QED) is 0.633. The molecule has 0 fully saturated rings. The van der Waals surface area contributed by atoms with Gasteiger partial charge in [0.2, 0.25) is 0 Å². The van der Waals surface area contributed by atoms with Crippen LogP contribution in [0.3, 0.4) is 0 Å². The zero-order valence-corrected chi connectivity index (χ0v) is 10.6. The van der Waals surface area contributed by atoms with Crippen LogP contribution in [0.15, 0.2) is 35.8 Å². The van der Waals surface area contributed by atoms with Gasteiger partial charge < -0.3 is 0 Å². The van der Waals surface area contributed by atoms with Gasteiger partial charge in [0.05, 0.1) is 0 Å². The molecule has 0 atom stereocenters. The molecule has 1 aromatic rings. The highest BCUT2D eigenvalue weighted by Crippen LogP contribution is 2.06. The number of hydrogen-bond donors (Lipinski definition) is 0. The highest BCUT2D eigenvalue weighted by molar-refractivity contribution is 5.85. The first-order valence-electron chi connectivity index (χ1n) is 5.52. The van der Waals surface area contributed by atoms with Crippen LogP contribution in [0.1, 0.15) is 38.8 Å². The van der Waals surface area contributed by atoms with Crippen molar-refractivity contribution in [3.05, 3.63) is 42.0 Å². The maximum absolute atomic E-state index is 3.94. The van der Waals surface area contributed by atoms with Gasteiger partial charge in [-0.25, -0.2) is 0 Å². The lowest BCUT2D eigenvalue weighted by atomic mass is 10.1. The summed E-state index contributed by atoms with van der Waals surface area (Å²) in [5.74, 6) is 0. The van der Waals surface area contributed by atoms with Gasteiger partial charge in [-0.3, -0.25) is 4.99 Å². The molecule has 1 rings (SSSR count). The van der Waals surface area contributed by atoms with Gasteiger partial charge in [0.1, 0.15) is 0 Å². The highest BCUT2D eigenvalue weighted by Gasteiger charge is 1.91. The second-order valence-corrected chi connectivity index (χ2v) is 2.22. The van der Waals surface area contributed by atoms with Crippen molar-refractivity contribution in [2.75, 3.05) is 7.05 Å². The first-order chi connectivity index (χ1) is 7.38. The molecule has 0 saturated heterocycles. The Bertz CT molecular complexity index is 274. The van der Waals surface area contributed by atoms with E-state index in [1.807, 2.05) is 64.3 Å². The first kappa shape index (κ1) is 16.1. The molecule has 0 heterocycles. The zero-order chi connectivity index (χ0) is 12.1. The summed E-state index contributed by atoms with van der Waals surface area (Å²) in [5, 5.41) is 0. The summed E-state index contributed by atoms with van der Waals surface area (Å²) < 4.78 is 0. The fourth-order valence-corrected chi connectivity index (χ4v) is 0.953. The van der Waals surface area contributed by atoms with Crippen molar-refractivity contribution in [1.82, 2.24) is 0 Å². The van der Waals surface area contributed by atoms with Crippen molar-refractivity contribution in [3.63, 3.8) is 0 Å². The molecule has 0 spiro atoms. The molecule has 15 heavy (non-hydrogen) atoms. The molecule has 0 aliphatic rings. The number of aliphatic imine (C=N–C) groups is 1. The topological polar surface area (TPSA) is 12.4 Å². The number of nitrogens with zero attached hydrogens (tertiary/aromatic N) is 1. The van der Waals surface area contributed by atoms with Crippen molar-refractivity contribution in [2.24, 2.45) is 4.99 Å². The van der Waals surface area contributed by atoms with Gasteiger partial charge in [-0.05, 0) is 11.1 Å². The van der Waals surface area contributed by atoms with Crippen molar-refractivity contribution in [2.45, 2.75) is 27.7 Å². The summed E-state index contributed by atoms with van der Waals surface area (Å²) in [7, 11) is 1.76. The van der Waals surface area contributed by atoms with Gasteiger partial charge in [0.25, 0.3) is 0 Å². The Morgan fingerprint density at radius 2 is 1.47 bits per heavy atom. The Labute approximate surface area is 94.6 Å². The van der Waals surface area contributed by atoms with Crippen LogP contribution >= 0.6 is 0 Å². The van der Waals surface area contributed by atoms with Crippen LogP contribution in [-0.4, -0.2) is 13.3 Å². The molecule has 0 saturated carbocycles. The SMILES string of the molecule is C=Cc1ccccc1C=NC.CC.CC. The van der Waals surface area contributed by atoms with Gasteiger partial charge in [-0.2, -0.15) is 0 Å². The average molecular weight is 205 g/mol. The summed E-state index contributed by atoms with van der Waals surface area (Å²) in [6.45, 7) is 11.7. The maximum Gasteiger partial charge on any atom is 0.0287 e. The van der Waals surface area contributed by atoms with E-state index in [1.54, 1.807) is 7.05 Å². The normalized spacial score (nSPS) is 8.33. The van der Waals surface area contributed by atoms with E-state index in [0.29, 0.717) is 0 Å². The average Bonchev–Trinajstić information content (AvgIpc) is 2.35. The summed E-state index contributed by atoms with van der Waals surface area (Å²) in [6.07, 6.45) is 3.66. The Kier molecular flexibility index (Phi) is 13.5. The van der Waals surface area contributed by atoms with E-state index < -0.39 is 0 Å². The maximum atomic E-state index is 3.94. The molecular formula is C14H23N. The Balaban J connectivity index is 0. The highest BCUT2D eigenvalue weighted by atomic mass is 14.6. The summed E-state index contributed by atoms with van der Waals surface area (Å²) in [6, 6.07) is 8.02. The van der Waals surface area contributed by atoms with E-state index in [2.05, 4.69) is 11.6 Å². The van der Waals surface area contributed by atoms with Gasteiger partial charge in [-0.1, -0.05) is 64.6 Å². The van der Waals surface area contributed by atoms with Gasteiger partial charge in [0, 0.05) is 13.3 Å². The lowest BCUT2D eigenvalue weighted by Gasteiger charge is -1.96. The van der Waals surface area contributed by atoms with E-state index >= 15 is 0 Å². The lowest BCUT2D eigenvalue weighted by molar-refractivity contribution is 1.46. The predicted octanol–water partition coefficient (Wildman–Crippen LogP) is 4.43. The summed E-state index contributed by atoms with van der Waals surface area (Å²) in [5.41, 5.74) is 2.24. The molecule has 0 aliphatic heterocycles. The molecule has 84 valence electrons. The fourth-order valence-electron chi connectivity index (χ4n) is 0.953. The van der Waals surface area contributed by atoms with Gasteiger partial charge in [-0.15, -0.1) is 0 Å². The third-order valence-corrected chi connectivity index (χ3v) is 1.48. The van der Waals surface area contributed by atoms with E-state index in [0.717, 1.165) is 11.1 Å². The van der Waals surface area contributed by atoms with Gasteiger partial charge in [0.15, 0.2) is 0 Å². The van der Waals surface area contributed by atoms with Crippen molar-refractivity contribution >= 4 is 12.3 Å². The van der Waals surface area contributed by atoms with Crippen molar-refractivity contribution < 1.29 is 0 Å². The third-order valence-electron chi connectivity index (χ3n) is 1.48. The number of rotatable bonds is 2. The standard InChI is InChI=1S/C10H11N.2C2H6/c1-3-9-6-4-5-7-10(9)8-11-2;2*1-2/h3-8H,1H2,2H3;2*1-2H3. The van der Waals surface area contributed by atoms with E-state index in [-0.39, 0.29) is 0 Å². The van der Waals surface area contributed by atoms with Crippen LogP contribution in [0.25, 0.3) is 6.08 Å². The largest absolute Gasteiger partial charge is 0.296 e. The Morgan fingerprint density at radius 1 is 1.00 bits per heavy atom. The van der Waals surface area contributed by atoms with Gasteiger partial charge >= 0.3 is 0 Å². The van der Waals surface area contributed by atoms with E-state index in [4.69, 9.17) is 0 Å².